The van der Waals surface area contributed by atoms with E-state index in [-0.39, 0.29) is 16.5 Å². The lowest BCUT2D eigenvalue weighted by molar-refractivity contribution is -0.122. The summed E-state index contributed by atoms with van der Waals surface area (Å²) in [6.45, 7) is 0. The van der Waals surface area contributed by atoms with Crippen LogP contribution in [-0.4, -0.2) is 16.9 Å². The lowest BCUT2D eigenvalue weighted by Gasteiger charge is -2.29. The van der Waals surface area contributed by atoms with Crippen molar-refractivity contribution in [1.29, 1.82) is 0 Å². The molecular weight excluding hydrogens is 475 g/mol. The third-order valence-electron chi connectivity index (χ3n) is 5.55. The molecular formula is C29H19FN2O3S. The smallest absolute Gasteiger partial charge is 0.270 e. The summed E-state index contributed by atoms with van der Waals surface area (Å²) in [5.41, 5.74) is 2.74. The van der Waals surface area contributed by atoms with Crippen LogP contribution in [0.4, 0.5) is 10.1 Å². The third-order valence-corrected chi connectivity index (χ3v) is 5.84. The Kier molecular flexibility index (Phi) is 6.38. The summed E-state index contributed by atoms with van der Waals surface area (Å²) in [6.07, 6.45) is 1.52. The molecule has 1 fully saturated rings. The monoisotopic (exact) mass is 494 g/mol. The first kappa shape index (κ1) is 23.1. The average molecular weight is 495 g/mol. The second kappa shape index (κ2) is 9.93. The summed E-state index contributed by atoms with van der Waals surface area (Å²) in [4.78, 5) is 27.3. The molecule has 4 aromatic rings. The summed E-state index contributed by atoms with van der Waals surface area (Å²) in [5.74, 6) is -0.143. The van der Waals surface area contributed by atoms with Gasteiger partial charge in [0.15, 0.2) is 5.11 Å². The van der Waals surface area contributed by atoms with Crippen LogP contribution in [0.15, 0.2) is 109 Å². The number of benzene rings is 4. The first-order chi connectivity index (χ1) is 17.5. The average Bonchev–Trinajstić information content (AvgIpc) is 2.89. The Labute approximate surface area is 212 Å². The van der Waals surface area contributed by atoms with Crippen molar-refractivity contribution in [2.45, 2.75) is 0 Å². The Bertz CT molecular complexity index is 1480. The number of hydrogen-bond acceptors (Lipinski definition) is 4. The van der Waals surface area contributed by atoms with Crippen LogP contribution in [0.3, 0.4) is 0 Å². The molecule has 0 saturated carbocycles. The van der Waals surface area contributed by atoms with Gasteiger partial charge in [-0.15, -0.1) is 0 Å². The fourth-order valence-corrected chi connectivity index (χ4v) is 4.08. The van der Waals surface area contributed by atoms with E-state index in [4.69, 9.17) is 17.0 Å². The van der Waals surface area contributed by atoms with Gasteiger partial charge in [-0.3, -0.25) is 19.8 Å². The number of anilines is 1. The zero-order chi connectivity index (χ0) is 25.1. The minimum Gasteiger partial charge on any atom is -0.457 e. The Morgan fingerprint density at radius 3 is 2.19 bits per heavy atom. The zero-order valence-corrected chi connectivity index (χ0v) is 19.7. The van der Waals surface area contributed by atoms with Gasteiger partial charge in [-0.25, -0.2) is 4.39 Å². The third kappa shape index (κ3) is 4.92. The molecule has 0 unspecified atom stereocenters. The summed E-state index contributed by atoms with van der Waals surface area (Å²) in [6, 6.07) is 29.6. The first-order valence-corrected chi connectivity index (χ1v) is 11.5. The molecule has 1 heterocycles. The van der Waals surface area contributed by atoms with Gasteiger partial charge in [0.1, 0.15) is 22.9 Å². The highest BCUT2D eigenvalue weighted by Crippen LogP contribution is 2.28. The van der Waals surface area contributed by atoms with Gasteiger partial charge in [-0.1, -0.05) is 48.5 Å². The first-order valence-electron chi connectivity index (χ1n) is 11.1. The highest BCUT2D eigenvalue weighted by atomic mass is 32.1. The minimum absolute atomic E-state index is 0.000981. The van der Waals surface area contributed by atoms with Crippen LogP contribution in [-0.2, 0) is 9.59 Å². The predicted molar refractivity (Wildman–Crippen MR) is 141 cm³/mol. The van der Waals surface area contributed by atoms with E-state index in [2.05, 4.69) is 5.32 Å². The number of carbonyl (C=O) groups excluding carboxylic acids is 2. The SMILES string of the molecule is O=C1NC(=S)N(c2ccc(Oc3ccccc3)cc2)C(=O)/C1=C/c1cccc(-c2ccc(F)cc2)c1. The molecule has 0 radical (unpaired) electrons. The Morgan fingerprint density at radius 2 is 1.47 bits per heavy atom. The van der Waals surface area contributed by atoms with Crippen LogP contribution in [0.2, 0.25) is 0 Å². The molecule has 36 heavy (non-hydrogen) atoms. The van der Waals surface area contributed by atoms with Crippen molar-refractivity contribution in [3.63, 3.8) is 0 Å². The molecule has 1 aliphatic rings. The van der Waals surface area contributed by atoms with Crippen molar-refractivity contribution in [1.82, 2.24) is 5.32 Å². The molecule has 0 aromatic heterocycles. The van der Waals surface area contributed by atoms with E-state index in [1.807, 2.05) is 48.5 Å². The fourth-order valence-electron chi connectivity index (χ4n) is 3.80. The van der Waals surface area contributed by atoms with Crippen LogP contribution in [0.5, 0.6) is 11.5 Å². The van der Waals surface area contributed by atoms with Crippen LogP contribution in [0.1, 0.15) is 5.56 Å². The molecule has 1 aliphatic heterocycles. The van der Waals surface area contributed by atoms with Gasteiger partial charge < -0.3 is 4.74 Å². The number of ether oxygens (including phenoxy) is 1. The van der Waals surface area contributed by atoms with Crippen LogP contribution >= 0.6 is 12.2 Å². The number of hydrogen-bond donors (Lipinski definition) is 1. The molecule has 1 N–H and O–H groups in total. The number of nitrogens with one attached hydrogen (secondary N) is 1. The van der Waals surface area contributed by atoms with Crippen molar-refractivity contribution >= 4 is 40.9 Å². The van der Waals surface area contributed by atoms with Crippen LogP contribution < -0.4 is 15.0 Å². The maximum absolute atomic E-state index is 13.4. The molecule has 176 valence electrons. The zero-order valence-electron chi connectivity index (χ0n) is 18.9. The van der Waals surface area contributed by atoms with E-state index in [1.54, 1.807) is 42.5 Å². The molecule has 0 atom stereocenters. The van der Waals surface area contributed by atoms with Gasteiger partial charge in [0.05, 0.1) is 5.69 Å². The minimum atomic E-state index is -0.572. The van der Waals surface area contributed by atoms with E-state index in [9.17, 15) is 14.0 Å². The number of rotatable bonds is 5. The van der Waals surface area contributed by atoms with E-state index in [1.165, 1.54) is 23.1 Å². The largest absolute Gasteiger partial charge is 0.457 e. The number of para-hydroxylation sites is 1. The highest BCUT2D eigenvalue weighted by molar-refractivity contribution is 7.80. The summed E-state index contributed by atoms with van der Waals surface area (Å²) in [5, 5.41) is 2.59. The lowest BCUT2D eigenvalue weighted by Crippen LogP contribution is -2.54. The maximum Gasteiger partial charge on any atom is 0.270 e. The molecule has 7 heteroatoms. The van der Waals surface area contributed by atoms with Crippen molar-refractivity contribution < 1.29 is 18.7 Å². The molecule has 2 amide bonds. The van der Waals surface area contributed by atoms with Crippen LogP contribution in [0.25, 0.3) is 17.2 Å². The molecule has 1 saturated heterocycles. The summed E-state index contributed by atoms with van der Waals surface area (Å²) < 4.78 is 19.1. The van der Waals surface area contributed by atoms with Gasteiger partial charge in [0.2, 0.25) is 0 Å². The van der Waals surface area contributed by atoms with Gasteiger partial charge >= 0.3 is 0 Å². The van der Waals surface area contributed by atoms with E-state index < -0.39 is 11.8 Å². The number of halogens is 1. The van der Waals surface area contributed by atoms with E-state index >= 15 is 0 Å². The normalized spacial score (nSPS) is 14.6. The lowest BCUT2D eigenvalue weighted by atomic mass is 10.0. The van der Waals surface area contributed by atoms with Gasteiger partial charge in [-0.05, 0) is 89.6 Å². The van der Waals surface area contributed by atoms with E-state index in [0.717, 1.165) is 11.1 Å². The number of amides is 2. The van der Waals surface area contributed by atoms with Crippen molar-refractivity contribution in [2.24, 2.45) is 0 Å². The standard InChI is InChI=1S/C29H19FN2O3S/c30-22-11-9-20(10-12-22)21-6-4-5-19(17-21)18-26-27(33)31-29(36)32(28(26)34)23-13-15-25(16-14-23)35-24-7-2-1-3-8-24/h1-18H,(H,31,33,36)/b26-18+. The van der Waals surface area contributed by atoms with Crippen LogP contribution in [0, 0.1) is 5.82 Å². The molecule has 0 spiro atoms. The molecule has 0 aliphatic carbocycles. The number of carbonyl (C=O) groups is 2. The van der Waals surface area contributed by atoms with Crippen molar-refractivity contribution in [2.75, 3.05) is 4.90 Å². The van der Waals surface area contributed by atoms with Gasteiger partial charge in [0, 0.05) is 0 Å². The maximum atomic E-state index is 13.4. The molecule has 5 nitrogen and oxygen atoms in total. The quantitative estimate of drug-likeness (QED) is 0.206. The molecule has 4 aromatic carbocycles. The number of nitrogens with zero attached hydrogens (tertiary/aromatic N) is 1. The van der Waals surface area contributed by atoms with Crippen molar-refractivity contribution in [3.8, 4) is 22.6 Å². The molecule has 0 bridgehead atoms. The number of thiocarbonyl (C=S) groups is 1. The molecule has 5 rings (SSSR count). The van der Waals surface area contributed by atoms with Gasteiger partial charge in [0.25, 0.3) is 11.8 Å². The Morgan fingerprint density at radius 1 is 0.778 bits per heavy atom. The second-order valence-electron chi connectivity index (χ2n) is 8.00. The summed E-state index contributed by atoms with van der Waals surface area (Å²) >= 11 is 5.30. The highest BCUT2D eigenvalue weighted by Gasteiger charge is 2.34. The summed E-state index contributed by atoms with van der Waals surface area (Å²) in [7, 11) is 0. The second-order valence-corrected chi connectivity index (χ2v) is 8.39. The Hall–Kier alpha value is -4.62. The van der Waals surface area contributed by atoms with Crippen molar-refractivity contribution in [3.05, 3.63) is 120 Å². The Balaban J connectivity index is 1.41. The predicted octanol–water partition coefficient (Wildman–Crippen LogP) is 6.12. The fraction of sp³-hybridized carbons (Fsp3) is 0. The topological polar surface area (TPSA) is 58.6 Å². The van der Waals surface area contributed by atoms with E-state index in [0.29, 0.717) is 22.7 Å². The van der Waals surface area contributed by atoms with Gasteiger partial charge in [-0.2, -0.15) is 0 Å².